The van der Waals surface area contributed by atoms with Gasteiger partial charge in [-0.25, -0.2) is 0 Å². The molecule has 0 aliphatic carbocycles. The molecule has 0 unspecified atom stereocenters. The minimum absolute atomic E-state index is 0.153. The number of hydrogen-bond acceptors (Lipinski definition) is 7. The third kappa shape index (κ3) is 14.2. The second kappa shape index (κ2) is 16.6. The summed E-state index contributed by atoms with van der Waals surface area (Å²) < 4.78 is 20.6. The van der Waals surface area contributed by atoms with E-state index in [9.17, 15) is 4.79 Å². The van der Waals surface area contributed by atoms with Crippen LogP contribution in [0.1, 0.15) is 6.42 Å². The average molecular weight is 323 g/mol. The fourth-order valence-electron chi connectivity index (χ4n) is 1.38. The first-order chi connectivity index (χ1) is 10.7. The van der Waals surface area contributed by atoms with E-state index < -0.39 is 0 Å². The first kappa shape index (κ1) is 21.2. The van der Waals surface area contributed by atoms with Gasteiger partial charge in [0.1, 0.15) is 0 Å². The van der Waals surface area contributed by atoms with E-state index in [0.29, 0.717) is 46.2 Å². The van der Waals surface area contributed by atoms with Crippen molar-refractivity contribution >= 4 is 5.91 Å². The lowest BCUT2D eigenvalue weighted by Gasteiger charge is -2.12. The summed E-state index contributed by atoms with van der Waals surface area (Å²) in [6, 6.07) is 0. The first-order valence-electron chi connectivity index (χ1n) is 7.45. The molecule has 0 saturated heterocycles. The SMILES string of the molecule is COCCOCCOCCOCCC(=O)NCC(CO)CO. The number of methoxy groups -OCH3 is 1. The zero-order valence-electron chi connectivity index (χ0n) is 13.3. The Morgan fingerprint density at radius 1 is 0.909 bits per heavy atom. The molecule has 3 N–H and O–H groups in total. The second-order valence-corrected chi connectivity index (χ2v) is 4.62. The van der Waals surface area contributed by atoms with Crippen LogP contribution in [0.15, 0.2) is 0 Å². The van der Waals surface area contributed by atoms with Gasteiger partial charge in [-0.15, -0.1) is 0 Å². The quantitative estimate of drug-likeness (QED) is 0.306. The van der Waals surface area contributed by atoms with Crippen LogP contribution >= 0.6 is 0 Å². The maximum Gasteiger partial charge on any atom is 0.222 e. The number of carbonyl (C=O) groups is 1. The predicted molar refractivity (Wildman–Crippen MR) is 79.6 cm³/mol. The molecular formula is C14H29NO7. The molecule has 0 aliphatic heterocycles. The summed E-state index contributed by atoms with van der Waals surface area (Å²) in [7, 11) is 1.62. The van der Waals surface area contributed by atoms with Crippen LogP contribution in [0.5, 0.6) is 0 Å². The molecule has 0 atom stereocenters. The molecule has 0 spiro atoms. The number of aliphatic hydroxyl groups is 2. The highest BCUT2D eigenvalue weighted by molar-refractivity contribution is 5.75. The summed E-state index contributed by atoms with van der Waals surface area (Å²) >= 11 is 0. The van der Waals surface area contributed by atoms with Gasteiger partial charge < -0.3 is 34.5 Å². The van der Waals surface area contributed by atoms with Crippen molar-refractivity contribution in [3.05, 3.63) is 0 Å². The zero-order valence-corrected chi connectivity index (χ0v) is 13.3. The van der Waals surface area contributed by atoms with Gasteiger partial charge in [0.2, 0.25) is 5.91 Å². The molecule has 0 fully saturated rings. The van der Waals surface area contributed by atoms with Crippen molar-refractivity contribution in [3.8, 4) is 0 Å². The standard InChI is InChI=1S/C14H29NO7/c1-19-4-5-21-8-9-22-7-6-20-3-2-14(18)15-10-13(11-16)12-17/h13,16-17H,2-12H2,1H3,(H,15,18). The third-order valence-corrected chi connectivity index (χ3v) is 2.75. The number of carbonyl (C=O) groups excluding carboxylic acids is 1. The Hall–Kier alpha value is -0.770. The Bertz CT molecular complexity index is 249. The van der Waals surface area contributed by atoms with E-state index in [1.54, 1.807) is 7.11 Å². The fourth-order valence-corrected chi connectivity index (χ4v) is 1.38. The van der Waals surface area contributed by atoms with Crippen molar-refractivity contribution < 1.29 is 34.0 Å². The van der Waals surface area contributed by atoms with Gasteiger partial charge in [0.15, 0.2) is 0 Å². The van der Waals surface area contributed by atoms with Crippen LogP contribution in [0.3, 0.4) is 0 Å². The van der Waals surface area contributed by atoms with Crippen LogP contribution in [-0.4, -0.2) is 89.2 Å². The lowest BCUT2D eigenvalue weighted by molar-refractivity contribution is -0.122. The van der Waals surface area contributed by atoms with Crippen LogP contribution in [0.4, 0.5) is 0 Å². The van der Waals surface area contributed by atoms with Gasteiger partial charge in [0.05, 0.1) is 46.2 Å². The Morgan fingerprint density at radius 3 is 1.91 bits per heavy atom. The van der Waals surface area contributed by atoms with E-state index in [2.05, 4.69) is 5.32 Å². The smallest absolute Gasteiger partial charge is 0.222 e. The third-order valence-electron chi connectivity index (χ3n) is 2.75. The topological polar surface area (TPSA) is 106 Å². The molecule has 0 aliphatic rings. The molecule has 22 heavy (non-hydrogen) atoms. The van der Waals surface area contributed by atoms with E-state index in [0.717, 1.165) is 0 Å². The minimum Gasteiger partial charge on any atom is -0.396 e. The van der Waals surface area contributed by atoms with Gasteiger partial charge in [-0.1, -0.05) is 0 Å². The Balaban J connectivity index is 3.23. The van der Waals surface area contributed by atoms with Crippen LogP contribution in [-0.2, 0) is 23.7 Å². The summed E-state index contributed by atoms with van der Waals surface area (Å²) in [5.41, 5.74) is 0. The molecule has 0 heterocycles. The normalized spacial score (nSPS) is 11.1. The van der Waals surface area contributed by atoms with Crippen LogP contribution < -0.4 is 5.32 Å². The average Bonchev–Trinajstić information content (AvgIpc) is 2.53. The van der Waals surface area contributed by atoms with E-state index in [1.165, 1.54) is 0 Å². The Morgan fingerprint density at radius 2 is 1.41 bits per heavy atom. The molecule has 0 aromatic rings. The summed E-state index contributed by atoms with van der Waals surface area (Å²) in [6.45, 7) is 3.27. The molecule has 8 nitrogen and oxygen atoms in total. The summed E-state index contributed by atoms with van der Waals surface area (Å²) in [5, 5.41) is 20.3. The second-order valence-electron chi connectivity index (χ2n) is 4.62. The number of amides is 1. The molecule has 0 rings (SSSR count). The molecule has 132 valence electrons. The number of ether oxygens (including phenoxy) is 4. The highest BCUT2D eigenvalue weighted by Gasteiger charge is 2.07. The maximum atomic E-state index is 11.4. The van der Waals surface area contributed by atoms with E-state index >= 15 is 0 Å². The minimum atomic E-state index is -0.315. The molecule has 0 bridgehead atoms. The van der Waals surface area contributed by atoms with Gasteiger partial charge in [0.25, 0.3) is 0 Å². The largest absolute Gasteiger partial charge is 0.396 e. The van der Waals surface area contributed by atoms with E-state index in [4.69, 9.17) is 29.2 Å². The summed E-state index contributed by atoms with van der Waals surface area (Å²) in [6.07, 6.45) is 0.240. The fraction of sp³-hybridized carbons (Fsp3) is 0.929. The van der Waals surface area contributed by atoms with Crippen molar-refractivity contribution in [3.63, 3.8) is 0 Å². The van der Waals surface area contributed by atoms with Crippen LogP contribution in [0.25, 0.3) is 0 Å². The molecule has 8 heteroatoms. The Labute approximate surface area is 131 Å². The summed E-state index contributed by atoms with van der Waals surface area (Å²) in [4.78, 5) is 11.4. The van der Waals surface area contributed by atoms with Crippen LogP contribution in [0, 0.1) is 5.92 Å². The highest BCUT2D eigenvalue weighted by atomic mass is 16.6. The van der Waals surface area contributed by atoms with Gasteiger partial charge in [-0.05, 0) is 0 Å². The Kier molecular flexibility index (Phi) is 16.0. The first-order valence-corrected chi connectivity index (χ1v) is 7.45. The van der Waals surface area contributed by atoms with E-state index in [-0.39, 0.29) is 38.0 Å². The molecule has 0 aromatic heterocycles. The van der Waals surface area contributed by atoms with E-state index in [1.807, 2.05) is 0 Å². The molecule has 1 amide bonds. The van der Waals surface area contributed by atoms with Gasteiger partial charge in [-0.3, -0.25) is 4.79 Å². The number of rotatable bonds is 16. The van der Waals surface area contributed by atoms with Gasteiger partial charge in [-0.2, -0.15) is 0 Å². The maximum absolute atomic E-state index is 11.4. The summed E-state index contributed by atoms with van der Waals surface area (Å²) in [5.74, 6) is -0.483. The highest BCUT2D eigenvalue weighted by Crippen LogP contribution is 1.91. The van der Waals surface area contributed by atoms with Gasteiger partial charge >= 0.3 is 0 Å². The monoisotopic (exact) mass is 323 g/mol. The number of aliphatic hydroxyl groups excluding tert-OH is 2. The molecular weight excluding hydrogens is 294 g/mol. The predicted octanol–water partition coefficient (Wildman–Crippen LogP) is -1.21. The van der Waals surface area contributed by atoms with Crippen molar-refractivity contribution in [1.29, 1.82) is 0 Å². The van der Waals surface area contributed by atoms with Crippen molar-refractivity contribution in [1.82, 2.24) is 5.32 Å². The zero-order chi connectivity index (χ0) is 16.5. The number of hydrogen-bond donors (Lipinski definition) is 3. The van der Waals surface area contributed by atoms with Crippen molar-refractivity contribution in [2.24, 2.45) is 5.92 Å². The van der Waals surface area contributed by atoms with Crippen molar-refractivity contribution in [2.75, 3.05) is 73.1 Å². The lowest BCUT2D eigenvalue weighted by atomic mass is 10.2. The van der Waals surface area contributed by atoms with Gasteiger partial charge in [0, 0.05) is 39.2 Å². The molecule has 0 aromatic carbocycles. The van der Waals surface area contributed by atoms with Crippen LogP contribution in [0.2, 0.25) is 0 Å². The number of nitrogens with one attached hydrogen (secondary N) is 1. The molecule has 0 radical (unpaired) electrons. The molecule has 0 saturated carbocycles. The van der Waals surface area contributed by atoms with Crippen molar-refractivity contribution in [2.45, 2.75) is 6.42 Å². The lowest BCUT2D eigenvalue weighted by Crippen LogP contribution is -2.33.